The van der Waals surface area contributed by atoms with Crippen molar-refractivity contribution in [3.05, 3.63) is 67.9 Å². The summed E-state index contributed by atoms with van der Waals surface area (Å²) in [7, 11) is 0. The Morgan fingerprint density at radius 3 is 2.48 bits per heavy atom. The molecule has 1 aromatic heterocycles. The molecular formula is C21H19Cl4N5O2S. The highest BCUT2D eigenvalue weighted by Gasteiger charge is 2.15. The fraction of sp³-hybridized carbons (Fsp3) is 0.238. The van der Waals surface area contributed by atoms with Gasteiger partial charge in [0.1, 0.15) is 5.82 Å². The van der Waals surface area contributed by atoms with E-state index in [0.29, 0.717) is 61.8 Å². The van der Waals surface area contributed by atoms with E-state index in [9.17, 15) is 9.59 Å². The molecule has 1 heterocycles. The fourth-order valence-corrected chi connectivity index (χ4v) is 4.32. The number of carbonyl (C=O) groups is 2. The highest BCUT2D eigenvalue weighted by Crippen LogP contribution is 2.26. The standard InChI is InChI=1S/C21H19Cl4N5O2S/c1-2-30-18(7-8-26-20(32)12-3-5-14(23)16(25)9-12)28-29-21(30)33-11-19(31)27-17-10-13(22)4-6-15(17)24/h3-6,9-10H,2,7-8,11H2,1H3,(H,26,32)(H,27,31). The summed E-state index contributed by atoms with van der Waals surface area (Å²) in [5.74, 6) is 0.315. The smallest absolute Gasteiger partial charge is 0.251 e. The summed E-state index contributed by atoms with van der Waals surface area (Å²) >= 11 is 25.1. The van der Waals surface area contributed by atoms with E-state index in [4.69, 9.17) is 46.4 Å². The molecule has 0 unspecified atom stereocenters. The van der Waals surface area contributed by atoms with Gasteiger partial charge in [-0.05, 0) is 43.3 Å². The molecule has 0 saturated heterocycles. The molecule has 2 N–H and O–H groups in total. The molecule has 0 aliphatic carbocycles. The van der Waals surface area contributed by atoms with Crippen LogP contribution in [0.1, 0.15) is 23.1 Å². The summed E-state index contributed by atoms with van der Waals surface area (Å²) in [6.45, 7) is 2.93. The highest BCUT2D eigenvalue weighted by molar-refractivity contribution is 7.99. The number of carbonyl (C=O) groups excluding carboxylic acids is 2. The summed E-state index contributed by atoms with van der Waals surface area (Å²) in [5.41, 5.74) is 0.869. The van der Waals surface area contributed by atoms with Gasteiger partial charge in [-0.25, -0.2) is 0 Å². The largest absolute Gasteiger partial charge is 0.352 e. The van der Waals surface area contributed by atoms with Crippen LogP contribution >= 0.6 is 58.2 Å². The summed E-state index contributed by atoms with van der Waals surface area (Å²) in [4.78, 5) is 24.6. The molecule has 7 nitrogen and oxygen atoms in total. The van der Waals surface area contributed by atoms with Crippen molar-refractivity contribution in [3.8, 4) is 0 Å². The molecule has 12 heteroatoms. The van der Waals surface area contributed by atoms with Crippen molar-refractivity contribution in [2.45, 2.75) is 25.0 Å². The number of hydrogen-bond donors (Lipinski definition) is 2. The van der Waals surface area contributed by atoms with Crippen LogP contribution in [0.25, 0.3) is 0 Å². The summed E-state index contributed by atoms with van der Waals surface area (Å²) in [5, 5.41) is 16.1. The lowest BCUT2D eigenvalue weighted by atomic mass is 10.2. The number of aromatic nitrogens is 3. The summed E-state index contributed by atoms with van der Waals surface area (Å²) in [6, 6.07) is 9.55. The third kappa shape index (κ3) is 7.01. The van der Waals surface area contributed by atoms with E-state index in [1.54, 1.807) is 30.3 Å². The number of thioether (sulfide) groups is 1. The van der Waals surface area contributed by atoms with Crippen LogP contribution in [0.15, 0.2) is 41.6 Å². The Bertz CT molecular complexity index is 1170. The second-order valence-corrected chi connectivity index (χ2v) is 9.34. The molecule has 0 saturated carbocycles. The first-order valence-electron chi connectivity index (χ1n) is 9.81. The molecule has 0 radical (unpaired) electrons. The average molecular weight is 547 g/mol. The van der Waals surface area contributed by atoms with Gasteiger partial charge in [0.25, 0.3) is 5.91 Å². The molecule has 2 amide bonds. The maximum absolute atomic E-state index is 12.3. The molecule has 0 aliphatic rings. The maximum Gasteiger partial charge on any atom is 0.251 e. The van der Waals surface area contributed by atoms with E-state index >= 15 is 0 Å². The van der Waals surface area contributed by atoms with Gasteiger partial charge in [0.15, 0.2) is 5.16 Å². The first-order chi connectivity index (χ1) is 15.8. The second-order valence-electron chi connectivity index (χ2n) is 6.74. The average Bonchev–Trinajstić information content (AvgIpc) is 3.18. The van der Waals surface area contributed by atoms with Gasteiger partial charge in [-0.3, -0.25) is 9.59 Å². The zero-order valence-electron chi connectivity index (χ0n) is 17.4. The van der Waals surface area contributed by atoms with Crippen LogP contribution in [-0.4, -0.2) is 38.9 Å². The van der Waals surface area contributed by atoms with Crippen molar-refractivity contribution in [2.75, 3.05) is 17.6 Å². The molecule has 0 fully saturated rings. The van der Waals surface area contributed by atoms with Crippen molar-refractivity contribution < 1.29 is 9.59 Å². The van der Waals surface area contributed by atoms with Gasteiger partial charge in [-0.15, -0.1) is 10.2 Å². The molecule has 0 bridgehead atoms. The highest BCUT2D eigenvalue weighted by atomic mass is 35.5. The first kappa shape index (κ1) is 25.6. The molecule has 0 spiro atoms. The summed E-state index contributed by atoms with van der Waals surface area (Å²) in [6.07, 6.45) is 0.471. The Morgan fingerprint density at radius 2 is 1.76 bits per heavy atom. The Kier molecular flexibility index (Phi) is 9.28. The Hall–Kier alpha value is -1.97. The van der Waals surface area contributed by atoms with Crippen molar-refractivity contribution in [1.29, 1.82) is 0 Å². The predicted molar refractivity (Wildman–Crippen MR) is 134 cm³/mol. The SMILES string of the molecule is CCn1c(CCNC(=O)c2ccc(Cl)c(Cl)c2)nnc1SCC(=O)Nc1cc(Cl)ccc1Cl. The Balaban J connectivity index is 1.53. The van der Waals surface area contributed by atoms with E-state index in [0.717, 1.165) is 0 Å². The van der Waals surface area contributed by atoms with Crippen LogP contribution in [0.2, 0.25) is 20.1 Å². The second kappa shape index (κ2) is 11.9. The van der Waals surface area contributed by atoms with Crippen molar-refractivity contribution in [2.24, 2.45) is 0 Å². The molecule has 2 aromatic carbocycles. The molecule has 174 valence electrons. The number of halogens is 4. The zero-order chi connectivity index (χ0) is 24.0. The van der Waals surface area contributed by atoms with E-state index in [-0.39, 0.29) is 17.6 Å². The maximum atomic E-state index is 12.3. The normalized spacial score (nSPS) is 10.8. The van der Waals surface area contributed by atoms with Crippen molar-refractivity contribution in [3.63, 3.8) is 0 Å². The van der Waals surface area contributed by atoms with Crippen LogP contribution in [0, 0.1) is 0 Å². The molecule has 3 aromatic rings. The Morgan fingerprint density at radius 1 is 1.00 bits per heavy atom. The van der Waals surface area contributed by atoms with Crippen LogP contribution < -0.4 is 10.6 Å². The lowest BCUT2D eigenvalue weighted by Crippen LogP contribution is -2.26. The van der Waals surface area contributed by atoms with Gasteiger partial charge < -0.3 is 15.2 Å². The number of anilines is 1. The number of benzene rings is 2. The minimum atomic E-state index is -0.262. The van der Waals surface area contributed by atoms with Gasteiger partial charge >= 0.3 is 0 Å². The number of hydrogen-bond acceptors (Lipinski definition) is 5. The first-order valence-corrected chi connectivity index (χ1v) is 12.3. The lowest BCUT2D eigenvalue weighted by Gasteiger charge is -2.09. The quantitative estimate of drug-likeness (QED) is 0.340. The number of nitrogens with zero attached hydrogens (tertiary/aromatic N) is 3. The predicted octanol–water partition coefficient (Wildman–Crippen LogP) is 5.61. The Labute approximate surface area is 215 Å². The number of nitrogens with one attached hydrogen (secondary N) is 2. The van der Waals surface area contributed by atoms with Gasteiger partial charge in [0.2, 0.25) is 5.91 Å². The van der Waals surface area contributed by atoms with Crippen molar-refractivity contribution >= 4 is 75.7 Å². The van der Waals surface area contributed by atoms with Crippen molar-refractivity contribution in [1.82, 2.24) is 20.1 Å². The molecule has 33 heavy (non-hydrogen) atoms. The fourth-order valence-electron chi connectivity index (χ4n) is 2.87. The molecular weight excluding hydrogens is 528 g/mol. The lowest BCUT2D eigenvalue weighted by molar-refractivity contribution is -0.113. The third-order valence-electron chi connectivity index (χ3n) is 4.46. The van der Waals surface area contributed by atoms with E-state index in [1.807, 2.05) is 11.5 Å². The van der Waals surface area contributed by atoms with Gasteiger partial charge in [0.05, 0.1) is 26.5 Å². The van der Waals surface area contributed by atoms with Gasteiger partial charge in [-0.2, -0.15) is 0 Å². The molecule has 0 aliphatic heterocycles. The monoisotopic (exact) mass is 545 g/mol. The van der Waals surface area contributed by atoms with E-state index in [1.165, 1.54) is 17.8 Å². The topological polar surface area (TPSA) is 88.9 Å². The minimum absolute atomic E-state index is 0.120. The molecule has 0 atom stereocenters. The zero-order valence-corrected chi connectivity index (χ0v) is 21.2. The van der Waals surface area contributed by atoms with Gasteiger partial charge in [-0.1, -0.05) is 58.2 Å². The number of rotatable bonds is 9. The van der Waals surface area contributed by atoms with Gasteiger partial charge in [0, 0.05) is 30.1 Å². The summed E-state index contributed by atoms with van der Waals surface area (Å²) < 4.78 is 1.90. The van der Waals surface area contributed by atoms with Crippen LogP contribution in [0.5, 0.6) is 0 Å². The van der Waals surface area contributed by atoms with Crippen LogP contribution in [0.4, 0.5) is 5.69 Å². The number of amides is 2. The van der Waals surface area contributed by atoms with E-state index < -0.39 is 0 Å². The minimum Gasteiger partial charge on any atom is -0.352 e. The third-order valence-corrected chi connectivity index (χ3v) is 6.73. The van der Waals surface area contributed by atoms with Crippen LogP contribution in [0.3, 0.4) is 0 Å². The molecule has 3 rings (SSSR count). The van der Waals surface area contributed by atoms with Crippen LogP contribution in [-0.2, 0) is 17.8 Å². The van der Waals surface area contributed by atoms with E-state index in [2.05, 4.69) is 20.8 Å².